The molecule has 1 fully saturated rings. The third kappa shape index (κ3) is 5.12. The fraction of sp³-hybridized carbons (Fsp3) is 0.414. The molecule has 3 heterocycles. The molecule has 9 heteroatoms. The summed E-state index contributed by atoms with van der Waals surface area (Å²) in [4.78, 5) is 20.7. The first-order valence-corrected chi connectivity index (χ1v) is 13.0. The number of fused-ring (bicyclic) bond motifs is 1. The average Bonchev–Trinajstić information content (AvgIpc) is 3.12. The molecule has 5 rings (SSSR count). The Morgan fingerprint density at radius 1 is 1.16 bits per heavy atom. The Kier molecular flexibility index (Phi) is 6.90. The first-order chi connectivity index (χ1) is 18.0. The number of carbonyl (C=O) groups is 1. The first-order valence-electron chi connectivity index (χ1n) is 13.0. The van der Waals surface area contributed by atoms with Gasteiger partial charge in [-0.15, -0.1) is 0 Å². The third-order valence-electron chi connectivity index (χ3n) is 7.66. The van der Waals surface area contributed by atoms with Crippen LogP contribution in [0, 0.1) is 6.92 Å². The minimum absolute atomic E-state index is 0.0549. The van der Waals surface area contributed by atoms with Gasteiger partial charge in [0.05, 0.1) is 16.7 Å². The second kappa shape index (κ2) is 10.0. The number of aromatic nitrogens is 2. The van der Waals surface area contributed by atoms with Crippen LogP contribution in [-0.4, -0.2) is 29.0 Å². The number of carbonyl (C=O) groups excluding carboxylic acids is 1. The number of alkyl halides is 3. The van der Waals surface area contributed by atoms with E-state index in [4.69, 9.17) is 0 Å². The Morgan fingerprint density at radius 2 is 1.97 bits per heavy atom. The van der Waals surface area contributed by atoms with Gasteiger partial charge in [-0.2, -0.15) is 13.2 Å². The summed E-state index contributed by atoms with van der Waals surface area (Å²) in [5.41, 5.74) is 3.68. The highest BCUT2D eigenvalue weighted by molar-refractivity contribution is 6.06. The lowest BCUT2D eigenvalue weighted by Crippen LogP contribution is -2.28. The van der Waals surface area contributed by atoms with Crippen molar-refractivity contribution in [3.8, 4) is 0 Å². The van der Waals surface area contributed by atoms with Gasteiger partial charge in [0.25, 0.3) is 0 Å². The zero-order valence-electron chi connectivity index (χ0n) is 21.8. The molecule has 200 valence electrons. The van der Waals surface area contributed by atoms with Gasteiger partial charge in [-0.25, -0.2) is 9.97 Å². The van der Waals surface area contributed by atoms with E-state index in [0.717, 1.165) is 54.5 Å². The summed E-state index contributed by atoms with van der Waals surface area (Å²) in [6.07, 6.45) is -1.08. The van der Waals surface area contributed by atoms with Crippen LogP contribution in [0.2, 0.25) is 0 Å². The molecule has 1 atom stereocenters. The van der Waals surface area contributed by atoms with Crippen LogP contribution in [0.4, 0.5) is 30.5 Å². The van der Waals surface area contributed by atoms with Gasteiger partial charge in [-0.1, -0.05) is 24.3 Å². The minimum atomic E-state index is -4.57. The van der Waals surface area contributed by atoms with Crippen molar-refractivity contribution in [3.05, 3.63) is 76.1 Å². The van der Waals surface area contributed by atoms with E-state index < -0.39 is 17.2 Å². The van der Waals surface area contributed by atoms with E-state index >= 15 is 0 Å². The van der Waals surface area contributed by atoms with E-state index in [1.54, 1.807) is 0 Å². The van der Waals surface area contributed by atoms with E-state index in [2.05, 4.69) is 38.1 Å². The van der Waals surface area contributed by atoms with Crippen molar-refractivity contribution < 1.29 is 18.0 Å². The zero-order chi connectivity index (χ0) is 27.1. The highest BCUT2D eigenvalue weighted by Crippen LogP contribution is 2.40. The van der Waals surface area contributed by atoms with Crippen LogP contribution >= 0.6 is 0 Å². The van der Waals surface area contributed by atoms with Crippen LogP contribution in [0.3, 0.4) is 0 Å². The number of benzene rings is 2. The van der Waals surface area contributed by atoms with Gasteiger partial charge in [0, 0.05) is 24.1 Å². The molecule has 2 aromatic carbocycles. The van der Waals surface area contributed by atoms with E-state index in [0.29, 0.717) is 18.0 Å². The van der Waals surface area contributed by atoms with Crippen LogP contribution < -0.4 is 16.0 Å². The summed E-state index contributed by atoms with van der Waals surface area (Å²) in [6.45, 7) is 7.61. The number of nitrogens with one attached hydrogen (secondary N) is 3. The van der Waals surface area contributed by atoms with Gasteiger partial charge in [0.1, 0.15) is 0 Å². The SMILES string of the molecule is Cc1cc(C2CCCNC2)ccc1Nc1ncc(C(F)(F)F)c(CCc2cccc3c2C(C)(C)C(=O)N3)n1. The molecule has 1 amide bonds. The topological polar surface area (TPSA) is 78.9 Å². The number of halogens is 3. The number of hydrogen-bond donors (Lipinski definition) is 3. The van der Waals surface area contributed by atoms with Crippen LogP contribution in [0.25, 0.3) is 0 Å². The average molecular weight is 524 g/mol. The molecule has 3 aromatic rings. The summed E-state index contributed by atoms with van der Waals surface area (Å²) in [5, 5.41) is 9.42. The number of anilines is 3. The van der Waals surface area contributed by atoms with E-state index in [1.807, 2.05) is 45.0 Å². The molecule has 1 aromatic heterocycles. The molecule has 1 saturated heterocycles. The van der Waals surface area contributed by atoms with E-state index in [9.17, 15) is 18.0 Å². The molecule has 3 N–H and O–H groups in total. The summed E-state index contributed by atoms with van der Waals surface area (Å²) >= 11 is 0. The Balaban J connectivity index is 1.39. The van der Waals surface area contributed by atoms with Gasteiger partial charge < -0.3 is 16.0 Å². The molecule has 0 radical (unpaired) electrons. The Labute approximate surface area is 220 Å². The second-order valence-corrected chi connectivity index (χ2v) is 10.7. The zero-order valence-corrected chi connectivity index (χ0v) is 21.8. The molecule has 0 saturated carbocycles. The minimum Gasteiger partial charge on any atom is -0.325 e. The maximum Gasteiger partial charge on any atom is 0.419 e. The van der Waals surface area contributed by atoms with Crippen molar-refractivity contribution in [3.63, 3.8) is 0 Å². The standard InChI is InChI=1S/C29H32F3N5O/c1-17-14-19(20-7-5-13-33-15-20)10-11-22(17)36-27-34-16-21(29(30,31)32)23(37-27)12-9-18-6-4-8-24-25(18)28(2,3)26(38)35-24/h4,6,8,10-11,14,16,20,33H,5,7,9,12-13,15H2,1-3H3,(H,35,38)(H,34,36,37). The Morgan fingerprint density at radius 3 is 2.68 bits per heavy atom. The number of piperidine rings is 1. The second-order valence-electron chi connectivity index (χ2n) is 10.7. The number of amides is 1. The highest BCUT2D eigenvalue weighted by atomic mass is 19.4. The van der Waals surface area contributed by atoms with Crippen molar-refractivity contribution in [2.45, 2.75) is 64.0 Å². The number of nitrogens with zero attached hydrogens (tertiary/aromatic N) is 2. The molecular formula is C29H32F3N5O. The predicted molar refractivity (Wildman–Crippen MR) is 142 cm³/mol. The van der Waals surface area contributed by atoms with Gasteiger partial charge in [-0.3, -0.25) is 4.79 Å². The van der Waals surface area contributed by atoms with E-state index in [1.165, 1.54) is 5.56 Å². The van der Waals surface area contributed by atoms with Gasteiger partial charge in [0.2, 0.25) is 11.9 Å². The number of hydrogen-bond acceptors (Lipinski definition) is 5. The molecule has 2 aliphatic rings. The van der Waals surface area contributed by atoms with Crippen molar-refractivity contribution in [2.24, 2.45) is 0 Å². The molecule has 6 nitrogen and oxygen atoms in total. The van der Waals surface area contributed by atoms with Crippen LogP contribution in [0.5, 0.6) is 0 Å². The van der Waals surface area contributed by atoms with Crippen molar-refractivity contribution >= 4 is 23.2 Å². The van der Waals surface area contributed by atoms with Gasteiger partial charge >= 0.3 is 6.18 Å². The van der Waals surface area contributed by atoms with Gasteiger partial charge in [-0.05, 0) is 93.3 Å². The predicted octanol–water partition coefficient (Wildman–Crippen LogP) is 6.03. The molecule has 2 aliphatic heterocycles. The quantitative estimate of drug-likeness (QED) is 0.368. The highest BCUT2D eigenvalue weighted by Gasteiger charge is 2.40. The third-order valence-corrected chi connectivity index (χ3v) is 7.66. The fourth-order valence-corrected chi connectivity index (χ4v) is 5.54. The lowest BCUT2D eigenvalue weighted by Gasteiger charge is -2.24. The van der Waals surface area contributed by atoms with Crippen molar-refractivity contribution in [1.29, 1.82) is 0 Å². The smallest absolute Gasteiger partial charge is 0.325 e. The van der Waals surface area contributed by atoms with Crippen LogP contribution in [0.15, 0.2) is 42.6 Å². The fourth-order valence-electron chi connectivity index (χ4n) is 5.54. The molecule has 1 unspecified atom stereocenters. The summed E-state index contributed by atoms with van der Waals surface area (Å²) < 4.78 is 41.6. The Hall–Kier alpha value is -3.46. The van der Waals surface area contributed by atoms with Crippen molar-refractivity contribution in [2.75, 3.05) is 23.7 Å². The molecular weight excluding hydrogens is 491 g/mol. The van der Waals surface area contributed by atoms with Crippen LogP contribution in [-0.2, 0) is 29.2 Å². The maximum atomic E-state index is 13.9. The van der Waals surface area contributed by atoms with E-state index in [-0.39, 0.29) is 24.0 Å². The van der Waals surface area contributed by atoms with Crippen molar-refractivity contribution in [1.82, 2.24) is 15.3 Å². The molecule has 0 aliphatic carbocycles. The normalized spacial score (nSPS) is 18.7. The lowest BCUT2D eigenvalue weighted by atomic mass is 9.82. The molecule has 38 heavy (non-hydrogen) atoms. The maximum absolute atomic E-state index is 13.9. The number of rotatable bonds is 6. The monoisotopic (exact) mass is 523 g/mol. The first kappa shape index (κ1) is 26.2. The molecule has 0 spiro atoms. The Bertz CT molecular complexity index is 1360. The summed E-state index contributed by atoms with van der Waals surface area (Å²) in [7, 11) is 0. The number of aryl methyl sites for hydroxylation is 3. The summed E-state index contributed by atoms with van der Waals surface area (Å²) in [5.74, 6) is 0.463. The molecule has 0 bridgehead atoms. The van der Waals surface area contributed by atoms with Crippen LogP contribution in [0.1, 0.15) is 66.1 Å². The van der Waals surface area contributed by atoms with Gasteiger partial charge in [0.15, 0.2) is 0 Å². The summed E-state index contributed by atoms with van der Waals surface area (Å²) in [6, 6.07) is 11.6. The lowest BCUT2D eigenvalue weighted by molar-refractivity contribution is -0.138. The largest absolute Gasteiger partial charge is 0.419 e.